The Morgan fingerprint density at radius 3 is 2.87 bits per heavy atom. The highest BCUT2D eigenvalue weighted by Gasteiger charge is 2.30. The quantitative estimate of drug-likeness (QED) is 0.759. The lowest BCUT2D eigenvalue weighted by Crippen LogP contribution is -2.39. The number of rotatable bonds is 2. The Labute approximate surface area is 88.9 Å². The normalized spacial score (nSPS) is 23.1. The minimum absolute atomic E-state index is 0.0667. The third-order valence-corrected chi connectivity index (χ3v) is 3.01. The first kappa shape index (κ1) is 8.77. The maximum atomic E-state index is 11.8. The number of carbonyl (C=O) groups is 1. The molecule has 1 aromatic carbocycles. The Hall–Kier alpha value is -1.51. The Balaban J connectivity index is 1.69. The van der Waals surface area contributed by atoms with Gasteiger partial charge in [0.05, 0.1) is 0 Å². The van der Waals surface area contributed by atoms with Crippen molar-refractivity contribution in [2.24, 2.45) is 0 Å². The molecule has 1 saturated carbocycles. The molecular weight excluding hydrogens is 188 g/mol. The highest BCUT2D eigenvalue weighted by atomic mass is 16.2. The summed E-state index contributed by atoms with van der Waals surface area (Å²) in [5.41, 5.74) is 2.35. The van der Waals surface area contributed by atoms with Crippen molar-refractivity contribution in [2.45, 2.75) is 31.3 Å². The first-order valence-electron chi connectivity index (χ1n) is 5.48. The van der Waals surface area contributed by atoms with Gasteiger partial charge in [0.1, 0.15) is 6.04 Å². The first-order chi connectivity index (χ1) is 7.33. The average Bonchev–Trinajstić information content (AvgIpc) is 2.95. The van der Waals surface area contributed by atoms with E-state index in [9.17, 15) is 4.79 Å². The van der Waals surface area contributed by atoms with Crippen molar-refractivity contribution in [3.63, 3.8) is 0 Å². The number of nitrogens with one attached hydrogen (secondary N) is 2. The van der Waals surface area contributed by atoms with Gasteiger partial charge in [-0.3, -0.25) is 4.79 Å². The fourth-order valence-corrected chi connectivity index (χ4v) is 1.99. The molecule has 1 atom stereocenters. The fourth-order valence-electron chi connectivity index (χ4n) is 1.99. The van der Waals surface area contributed by atoms with Crippen LogP contribution in [0, 0.1) is 0 Å². The molecule has 1 fully saturated rings. The van der Waals surface area contributed by atoms with E-state index < -0.39 is 0 Å². The topological polar surface area (TPSA) is 41.1 Å². The Bertz CT molecular complexity index is 373. The predicted octanol–water partition coefficient (Wildman–Crippen LogP) is 1.30. The van der Waals surface area contributed by atoms with Crippen molar-refractivity contribution >= 4 is 11.6 Å². The van der Waals surface area contributed by atoms with Crippen LogP contribution in [-0.4, -0.2) is 18.0 Å². The third kappa shape index (κ3) is 1.69. The standard InChI is InChI=1S/C12H14N2O/c15-12(13-9-5-6-9)11-7-8-3-1-2-4-10(8)14-11/h1-4,9,11,14H,5-7H2,(H,13,15)/t11-/m1/s1. The van der Waals surface area contributed by atoms with Gasteiger partial charge >= 0.3 is 0 Å². The molecule has 2 N–H and O–H groups in total. The van der Waals surface area contributed by atoms with Crippen molar-refractivity contribution in [3.8, 4) is 0 Å². The molecule has 1 amide bonds. The number of fused-ring (bicyclic) bond motifs is 1. The molecule has 1 heterocycles. The first-order valence-corrected chi connectivity index (χ1v) is 5.48. The van der Waals surface area contributed by atoms with Crippen LogP contribution in [0.15, 0.2) is 24.3 Å². The molecule has 78 valence electrons. The molecule has 3 rings (SSSR count). The van der Waals surface area contributed by atoms with Crippen molar-refractivity contribution in [1.82, 2.24) is 5.32 Å². The SMILES string of the molecule is O=C(NC1CC1)[C@H]1Cc2ccccc2N1. The maximum absolute atomic E-state index is 11.8. The number of benzene rings is 1. The van der Waals surface area contributed by atoms with Crippen LogP contribution in [0.25, 0.3) is 0 Å². The van der Waals surface area contributed by atoms with Crippen LogP contribution in [0.4, 0.5) is 5.69 Å². The van der Waals surface area contributed by atoms with Gasteiger partial charge in [-0.2, -0.15) is 0 Å². The zero-order valence-electron chi connectivity index (χ0n) is 8.49. The van der Waals surface area contributed by atoms with Crippen molar-refractivity contribution in [1.29, 1.82) is 0 Å². The molecule has 15 heavy (non-hydrogen) atoms. The van der Waals surface area contributed by atoms with E-state index in [1.807, 2.05) is 18.2 Å². The highest BCUT2D eigenvalue weighted by molar-refractivity contribution is 5.87. The molecule has 0 bridgehead atoms. The van der Waals surface area contributed by atoms with Gasteiger partial charge in [-0.05, 0) is 24.5 Å². The van der Waals surface area contributed by atoms with Crippen LogP contribution >= 0.6 is 0 Å². The summed E-state index contributed by atoms with van der Waals surface area (Å²) in [7, 11) is 0. The molecule has 3 nitrogen and oxygen atoms in total. The number of hydrogen-bond acceptors (Lipinski definition) is 2. The lowest BCUT2D eigenvalue weighted by molar-refractivity contribution is -0.121. The van der Waals surface area contributed by atoms with E-state index in [0.717, 1.165) is 24.9 Å². The second-order valence-corrected chi connectivity index (χ2v) is 4.34. The maximum Gasteiger partial charge on any atom is 0.243 e. The number of para-hydroxylation sites is 1. The van der Waals surface area contributed by atoms with E-state index in [1.165, 1.54) is 5.56 Å². The monoisotopic (exact) mass is 202 g/mol. The Morgan fingerprint density at radius 2 is 2.13 bits per heavy atom. The smallest absolute Gasteiger partial charge is 0.243 e. The lowest BCUT2D eigenvalue weighted by Gasteiger charge is -2.10. The van der Waals surface area contributed by atoms with Crippen molar-refractivity contribution < 1.29 is 4.79 Å². The van der Waals surface area contributed by atoms with E-state index in [1.54, 1.807) is 0 Å². The minimum atomic E-state index is -0.0667. The van der Waals surface area contributed by atoms with Gasteiger partial charge in [-0.1, -0.05) is 18.2 Å². The van der Waals surface area contributed by atoms with Gasteiger partial charge in [-0.25, -0.2) is 0 Å². The van der Waals surface area contributed by atoms with E-state index >= 15 is 0 Å². The summed E-state index contributed by atoms with van der Waals surface area (Å²) in [6.07, 6.45) is 3.10. The molecular formula is C12H14N2O. The molecule has 1 aliphatic heterocycles. The number of carbonyl (C=O) groups excluding carboxylic acids is 1. The molecule has 0 aromatic heterocycles. The van der Waals surface area contributed by atoms with Gasteiger partial charge < -0.3 is 10.6 Å². The van der Waals surface area contributed by atoms with Crippen molar-refractivity contribution in [3.05, 3.63) is 29.8 Å². The number of anilines is 1. The molecule has 0 saturated heterocycles. The van der Waals surface area contributed by atoms with E-state index in [-0.39, 0.29) is 11.9 Å². The number of amides is 1. The van der Waals surface area contributed by atoms with Gasteiger partial charge in [0.15, 0.2) is 0 Å². The molecule has 0 spiro atoms. The zero-order valence-corrected chi connectivity index (χ0v) is 8.49. The summed E-state index contributed by atoms with van der Waals surface area (Å²) in [4.78, 5) is 11.8. The van der Waals surface area contributed by atoms with Crippen LogP contribution in [0.5, 0.6) is 0 Å². The second kappa shape index (κ2) is 3.26. The average molecular weight is 202 g/mol. The Morgan fingerprint density at radius 1 is 1.33 bits per heavy atom. The minimum Gasteiger partial charge on any atom is -0.373 e. The van der Waals surface area contributed by atoms with Gasteiger partial charge in [0, 0.05) is 18.2 Å². The van der Waals surface area contributed by atoms with Gasteiger partial charge in [0.25, 0.3) is 0 Å². The van der Waals surface area contributed by atoms with Crippen LogP contribution < -0.4 is 10.6 Å². The van der Waals surface area contributed by atoms with E-state index in [4.69, 9.17) is 0 Å². The summed E-state index contributed by atoms with van der Waals surface area (Å²) in [5, 5.41) is 6.28. The van der Waals surface area contributed by atoms with Crippen LogP contribution in [0.3, 0.4) is 0 Å². The van der Waals surface area contributed by atoms with Crippen LogP contribution in [-0.2, 0) is 11.2 Å². The zero-order chi connectivity index (χ0) is 10.3. The van der Waals surface area contributed by atoms with E-state index in [0.29, 0.717) is 6.04 Å². The van der Waals surface area contributed by atoms with Gasteiger partial charge in [-0.15, -0.1) is 0 Å². The highest BCUT2D eigenvalue weighted by Crippen LogP contribution is 2.26. The Kier molecular flexibility index (Phi) is 1.91. The molecule has 0 radical (unpaired) electrons. The van der Waals surface area contributed by atoms with Crippen molar-refractivity contribution in [2.75, 3.05) is 5.32 Å². The summed E-state index contributed by atoms with van der Waals surface area (Å²) in [5.74, 6) is 0.147. The fraction of sp³-hybridized carbons (Fsp3) is 0.417. The summed E-state index contributed by atoms with van der Waals surface area (Å²) >= 11 is 0. The molecule has 0 unspecified atom stereocenters. The molecule has 1 aliphatic carbocycles. The summed E-state index contributed by atoms with van der Waals surface area (Å²) in [6.45, 7) is 0. The van der Waals surface area contributed by atoms with Crippen LogP contribution in [0.2, 0.25) is 0 Å². The third-order valence-electron chi connectivity index (χ3n) is 3.01. The predicted molar refractivity (Wildman–Crippen MR) is 58.7 cm³/mol. The molecule has 2 aliphatic rings. The van der Waals surface area contributed by atoms with E-state index in [2.05, 4.69) is 16.7 Å². The van der Waals surface area contributed by atoms with Crippen LogP contribution in [0.1, 0.15) is 18.4 Å². The second-order valence-electron chi connectivity index (χ2n) is 4.34. The van der Waals surface area contributed by atoms with Gasteiger partial charge in [0.2, 0.25) is 5.91 Å². The molecule has 1 aromatic rings. The lowest BCUT2D eigenvalue weighted by atomic mass is 10.1. The summed E-state index contributed by atoms with van der Waals surface area (Å²) < 4.78 is 0. The largest absolute Gasteiger partial charge is 0.373 e. The summed E-state index contributed by atoms with van der Waals surface area (Å²) in [6, 6.07) is 8.49. The molecule has 3 heteroatoms. The number of hydrogen-bond donors (Lipinski definition) is 2.